The van der Waals surface area contributed by atoms with E-state index >= 15 is 0 Å². The molecule has 0 saturated carbocycles. The molecule has 21 heavy (non-hydrogen) atoms. The first-order valence-corrected chi connectivity index (χ1v) is 7.32. The van der Waals surface area contributed by atoms with Crippen LogP contribution in [0.3, 0.4) is 0 Å². The van der Waals surface area contributed by atoms with Gasteiger partial charge >= 0.3 is 12.1 Å². The van der Waals surface area contributed by atoms with Crippen LogP contribution in [-0.2, 0) is 14.3 Å². The zero-order valence-corrected chi connectivity index (χ0v) is 13.0. The minimum absolute atomic E-state index is 0.0359. The number of alkyl halides is 3. The van der Waals surface area contributed by atoms with Crippen molar-refractivity contribution in [3.63, 3.8) is 0 Å². The molecule has 0 amide bonds. The summed E-state index contributed by atoms with van der Waals surface area (Å²) in [6.07, 6.45) is -3.90. The van der Waals surface area contributed by atoms with Crippen LogP contribution < -0.4 is 5.32 Å². The van der Waals surface area contributed by atoms with Crippen LogP contribution in [0.4, 0.5) is 13.2 Å². The van der Waals surface area contributed by atoms with Crippen molar-refractivity contribution in [2.45, 2.75) is 58.2 Å². The molecule has 0 radical (unpaired) electrons. The minimum atomic E-state index is -4.13. The Labute approximate surface area is 124 Å². The van der Waals surface area contributed by atoms with Gasteiger partial charge < -0.3 is 14.8 Å². The van der Waals surface area contributed by atoms with E-state index in [1.807, 2.05) is 6.92 Å². The quantitative estimate of drug-likeness (QED) is 0.470. The molecule has 1 unspecified atom stereocenters. The molecule has 1 atom stereocenters. The lowest BCUT2D eigenvalue weighted by Gasteiger charge is -2.28. The Morgan fingerprint density at radius 1 is 1.10 bits per heavy atom. The third-order valence-corrected chi connectivity index (χ3v) is 3.01. The van der Waals surface area contributed by atoms with Gasteiger partial charge in [0.05, 0.1) is 6.61 Å². The molecule has 0 aromatic rings. The summed E-state index contributed by atoms with van der Waals surface area (Å²) >= 11 is 0. The molecule has 0 aromatic carbocycles. The molecule has 1 N–H and O–H groups in total. The van der Waals surface area contributed by atoms with E-state index in [2.05, 4.69) is 5.32 Å². The molecule has 0 aliphatic rings. The maximum absolute atomic E-state index is 11.9. The van der Waals surface area contributed by atoms with Crippen molar-refractivity contribution in [2.75, 3.05) is 26.4 Å². The number of likely N-dealkylation sites (N-methyl/N-ethyl adjacent to an activating group) is 1. The van der Waals surface area contributed by atoms with Crippen LogP contribution >= 0.6 is 0 Å². The third-order valence-electron chi connectivity index (χ3n) is 3.01. The Balaban J connectivity index is 3.91. The number of nitrogens with one attached hydrogen (secondary N) is 1. The number of carbonyl (C=O) groups is 1. The van der Waals surface area contributed by atoms with Gasteiger partial charge in [-0.2, -0.15) is 13.2 Å². The Kier molecular flexibility index (Phi) is 9.61. The van der Waals surface area contributed by atoms with Gasteiger partial charge in [-0.15, -0.1) is 0 Å². The van der Waals surface area contributed by atoms with E-state index < -0.39 is 18.1 Å². The number of halogens is 3. The predicted octanol–water partition coefficient (Wildman–Crippen LogP) is 3.06. The Morgan fingerprint density at radius 2 is 1.67 bits per heavy atom. The van der Waals surface area contributed by atoms with E-state index in [4.69, 9.17) is 9.47 Å². The predicted molar refractivity (Wildman–Crippen MR) is 74.1 cm³/mol. The molecular formula is C14H26F3NO3. The monoisotopic (exact) mass is 313 g/mol. The van der Waals surface area contributed by atoms with E-state index in [0.717, 1.165) is 0 Å². The number of carbonyl (C=O) groups excluding carboxylic acids is 1. The van der Waals surface area contributed by atoms with Crippen LogP contribution in [-0.4, -0.2) is 44.0 Å². The number of hydrogen-bond donors (Lipinski definition) is 1. The summed E-state index contributed by atoms with van der Waals surface area (Å²) in [6, 6.07) is 0. The fourth-order valence-electron chi connectivity index (χ4n) is 1.95. The standard InChI is InChI=1S/C14H26F3NO3/c1-4-18-13(3,12(19)21-5-2)8-6-10-20-11-7-9-14(15,16)17/h18H,4-11H2,1-3H3. The average Bonchev–Trinajstić information content (AvgIpc) is 2.37. The summed E-state index contributed by atoms with van der Waals surface area (Å²) in [5.74, 6) is -0.316. The van der Waals surface area contributed by atoms with Crippen molar-refractivity contribution in [3.05, 3.63) is 0 Å². The molecule has 0 bridgehead atoms. The molecule has 126 valence electrons. The summed E-state index contributed by atoms with van der Waals surface area (Å²) in [5.41, 5.74) is -0.778. The topological polar surface area (TPSA) is 47.6 Å². The minimum Gasteiger partial charge on any atom is -0.465 e. The van der Waals surface area contributed by atoms with Crippen LogP contribution in [0, 0.1) is 0 Å². The van der Waals surface area contributed by atoms with Gasteiger partial charge in [0, 0.05) is 19.6 Å². The number of hydrogen-bond acceptors (Lipinski definition) is 4. The lowest BCUT2D eigenvalue weighted by molar-refractivity contribution is -0.151. The molecular weight excluding hydrogens is 287 g/mol. The van der Waals surface area contributed by atoms with Gasteiger partial charge in [0.2, 0.25) is 0 Å². The summed E-state index contributed by atoms with van der Waals surface area (Å²) in [7, 11) is 0. The third kappa shape index (κ3) is 9.68. The van der Waals surface area contributed by atoms with E-state index in [1.54, 1.807) is 13.8 Å². The lowest BCUT2D eigenvalue weighted by Crippen LogP contribution is -2.50. The first-order valence-electron chi connectivity index (χ1n) is 7.32. The van der Waals surface area contributed by atoms with E-state index in [1.165, 1.54) is 0 Å². The number of ether oxygens (including phenoxy) is 2. The highest BCUT2D eigenvalue weighted by Crippen LogP contribution is 2.21. The van der Waals surface area contributed by atoms with E-state index in [-0.39, 0.29) is 19.0 Å². The Bertz CT molecular complexity index is 298. The van der Waals surface area contributed by atoms with Gasteiger partial charge in [0.25, 0.3) is 0 Å². The van der Waals surface area contributed by atoms with Crippen molar-refractivity contribution in [3.8, 4) is 0 Å². The van der Waals surface area contributed by atoms with Crippen LogP contribution in [0.15, 0.2) is 0 Å². The fraction of sp³-hybridized carbons (Fsp3) is 0.929. The molecule has 4 nitrogen and oxygen atoms in total. The van der Waals surface area contributed by atoms with Gasteiger partial charge in [-0.3, -0.25) is 4.79 Å². The van der Waals surface area contributed by atoms with Crippen molar-refractivity contribution < 1.29 is 27.4 Å². The first kappa shape index (κ1) is 20.2. The molecule has 0 aliphatic heterocycles. The highest BCUT2D eigenvalue weighted by molar-refractivity contribution is 5.80. The maximum Gasteiger partial charge on any atom is 0.389 e. The van der Waals surface area contributed by atoms with Crippen molar-refractivity contribution in [1.29, 1.82) is 0 Å². The normalized spacial score (nSPS) is 14.8. The molecule has 7 heteroatoms. The van der Waals surface area contributed by atoms with Crippen molar-refractivity contribution >= 4 is 5.97 Å². The van der Waals surface area contributed by atoms with Crippen molar-refractivity contribution in [1.82, 2.24) is 5.32 Å². The molecule has 0 saturated heterocycles. The van der Waals surface area contributed by atoms with Crippen LogP contribution in [0.25, 0.3) is 0 Å². The maximum atomic E-state index is 11.9. The smallest absolute Gasteiger partial charge is 0.389 e. The van der Waals surface area contributed by atoms with Crippen LogP contribution in [0.1, 0.15) is 46.5 Å². The highest BCUT2D eigenvalue weighted by atomic mass is 19.4. The number of rotatable bonds is 11. The Morgan fingerprint density at radius 3 is 2.14 bits per heavy atom. The van der Waals surface area contributed by atoms with Gasteiger partial charge in [-0.25, -0.2) is 0 Å². The number of esters is 1. The first-order chi connectivity index (χ1) is 9.75. The van der Waals surface area contributed by atoms with Gasteiger partial charge in [-0.05, 0) is 39.7 Å². The largest absolute Gasteiger partial charge is 0.465 e. The molecule has 0 spiro atoms. The average molecular weight is 313 g/mol. The van der Waals surface area contributed by atoms with Crippen LogP contribution in [0.2, 0.25) is 0 Å². The second kappa shape index (κ2) is 10.00. The van der Waals surface area contributed by atoms with E-state index in [9.17, 15) is 18.0 Å². The molecule has 0 fully saturated rings. The zero-order valence-electron chi connectivity index (χ0n) is 13.0. The lowest BCUT2D eigenvalue weighted by atomic mass is 9.96. The van der Waals surface area contributed by atoms with E-state index in [0.29, 0.717) is 32.6 Å². The van der Waals surface area contributed by atoms with Gasteiger partial charge in [0.15, 0.2) is 0 Å². The SMILES string of the molecule is CCNC(C)(CCCOCCCC(F)(F)F)C(=O)OCC. The molecule has 0 aromatic heterocycles. The second-order valence-electron chi connectivity index (χ2n) is 5.02. The van der Waals surface area contributed by atoms with Crippen LogP contribution in [0.5, 0.6) is 0 Å². The Hall–Kier alpha value is -0.820. The second-order valence-corrected chi connectivity index (χ2v) is 5.02. The van der Waals surface area contributed by atoms with Crippen molar-refractivity contribution in [2.24, 2.45) is 0 Å². The zero-order chi connectivity index (χ0) is 16.4. The molecule has 0 heterocycles. The fourth-order valence-corrected chi connectivity index (χ4v) is 1.95. The molecule has 0 rings (SSSR count). The highest BCUT2D eigenvalue weighted by Gasteiger charge is 2.33. The summed E-state index contributed by atoms with van der Waals surface area (Å²) < 4.78 is 45.9. The summed E-state index contributed by atoms with van der Waals surface area (Å²) in [4.78, 5) is 11.9. The summed E-state index contributed by atoms with van der Waals surface area (Å²) in [6.45, 7) is 6.75. The van der Waals surface area contributed by atoms with Gasteiger partial charge in [0.1, 0.15) is 5.54 Å². The van der Waals surface area contributed by atoms with Gasteiger partial charge in [-0.1, -0.05) is 6.92 Å². The summed E-state index contributed by atoms with van der Waals surface area (Å²) in [5, 5.41) is 3.09. The molecule has 0 aliphatic carbocycles.